The monoisotopic (exact) mass is 166 g/mol. The van der Waals surface area contributed by atoms with E-state index in [1.54, 1.807) is 0 Å². The number of nitrogens with one attached hydrogen (secondary N) is 1. The van der Waals surface area contributed by atoms with E-state index in [0.717, 1.165) is 19.1 Å². The predicted octanol–water partition coefficient (Wildman–Crippen LogP) is 0.692. The Kier molecular flexibility index (Phi) is 3.58. The van der Waals surface area contributed by atoms with Crippen LogP contribution in [0.1, 0.15) is 19.8 Å². The highest BCUT2D eigenvalue weighted by Gasteiger charge is 2.25. The summed E-state index contributed by atoms with van der Waals surface area (Å²) in [5.41, 5.74) is 0. The zero-order valence-corrected chi connectivity index (χ0v) is 8.01. The van der Waals surface area contributed by atoms with Gasteiger partial charge in [0.05, 0.1) is 6.04 Å². The minimum absolute atomic E-state index is 0.206. The van der Waals surface area contributed by atoms with Gasteiger partial charge >= 0.3 is 0 Å². The highest BCUT2D eigenvalue weighted by atomic mass is 15.2. The van der Waals surface area contributed by atoms with E-state index in [0.29, 0.717) is 0 Å². The van der Waals surface area contributed by atoms with Crippen molar-refractivity contribution in [2.75, 3.05) is 20.1 Å². The van der Waals surface area contributed by atoms with Crippen LogP contribution in [0.4, 0.5) is 0 Å². The Morgan fingerprint density at radius 3 is 2.83 bits per heavy atom. The molecule has 0 aromatic heterocycles. The van der Waals surface area contributed by atoms with Crippen molar-refractivity contribution in [3.05, 3.63) is 0 Å². The molecule has 2 heteroatoms. The minimum Gasteiger partial charge on any atom is -0.303 e. The summed E-state index contributed by atoms with van der Waals surface area (Å²) in [7, 11) is 2.18. The molecule has 0 aromatic carbocycles. The highest BCUT2D eigenvalue weighted by molar-refractivity contribution is 4.95. The third kappa shape index (κ3) is 3.25. The van der Waals surface area contributed by atoms with Gasteiger partial charge in [-0.15, -0.1) is 6.42 Å². The summed E-state index contributed by atoms with van der Waals surface area (Å²) in [6.07, 6.45) is 7.99. The molecule has 1 unspecified atom stereocenters. The van der Waals surface area contributed by atoms with Gasteiger partial charge in [-0.05, 0) is 26.8 Å². The number of likely N-dealkylation sites (N-methyl/N-ethyl adjacent to an activating group) is 1. The van der Waals surface area contributed by atoms with Gasteiger partial charge in [0.2, 0.25) is 0 Å². The van der Waals surface area contributed by atoms with Crippen molar-refractivity contribution in [1.29, 1.82) is 0 Å². The van der Waals surface area contributed by atoms with E-state index in [2.05, 4.69) is 23.2 Å². The summed E-state index contributed by atoms with van der Waals surface area (Å²) in [5.74, 6) is 2.65. The second kappa shape index (κ2) is 4.49. The summed E-state index contributed by atoms with van der Waals surface area (Å²) in [5, 5.41) is 3.27. The van der Waals surface area contributed by atoms with Gasteiger partial charge in [-0.1, -0.05) is 5.92 Å². The van der Waals surface area contributed by atoms with Crippen LogP contribution in [0.15, 0.2) is 0 Å². The first-order chi connectivity index (χ1) is 5.74. The molecule has 1 atom stereocenters. The Balaban J connectivity index is 1.98. The summed E-state index contributed by atoms with van der Waals surface area (Å²) in [6.45, 7) is 4.12. The molecule has 0 heterocycles. The maximum absolute atomic E-state index is 5.23. The van der Waals surface area contributed by atoms with E-state index < -0.39 is 0 Å². The molecule has 12 heavy (non-hydrogen) atoms. The lowest BCUT2D eigenvalue weighted by molar-refractivity contribution is 0.320. The van der Waals surface area contributed by atoms with E-state index in [1.807, 2.05) is 6.92 Å². The Bertz CT molecular complexity index is 167. The van der Waals surface area contributed by atoms with Gasteiger partial charge in [0, 0.05) is 19.1 Å². The summed E-state index contributed by atoms with van der Waals surface area (Å²) in [4.78, 5) is 2.40. The van der Waals surface area contributed by atoms with Gasteiger partial charge in [0.15, 0.2) is 0 Å². The number of rotatable bonds is 5. The average Bonchev–Trinajstić information content (AvgIpc) is 2.86. The lowest BCUT2D eigenvalue weighted by Gasteiger charge is -2.16. The highest BCUT2D eigenvalue weighted by Crippen LogP contribution is 2.24. The molecule has 1 saturated carbocycles. The van der Waals surface area contributed by atoms with Gasteiger partial charge in [-0.3, -0.25) is 0 Å². The van der Waals surface area contributed by atoms with Crippen LogP contribution in [0, 0.1) is 12.3 Å². The molecule has 0 spiro atoms. The quantitative estimate of drug-likeness (QED) is 0.605. The molecule has 1 aliphatic carbocycles. The molecule has 0 aromatic rings. The first-order valence-corrected chi connectivity index (χ1v) is 4.64. The van der Waals surface area contributed by atoms with Gasteiger partial charge < -0.3 is 10.2 Å². The molecular weight excluding hydrogens is 148 g/mol. The second-order valence-electron chi connectivity index (χ2n) is 3.55. The van der Waals surface area contributed by atoms with Crippen molar-refractivity contribution < 1.29 is 0 Å². The standard InChI is InChI=1S/C10H18N2/c1-4-9(2)11-7-8-12(3)10-5-6-10/h1,9-11H,5-8H2,2-3H3. The van der Waals surface area contributed by atoms with Gasteiger partial charge in [0.25, 0.3) is 0 Å². The summed E-state index contributed by atoms with van der Waals surface area (Å²) < 4.78 is 0. The van der Waals surface area contributed by atoms with Crippen molar-refractivity contribution in [3.8, 4) is 12.3 Å². The van der Waals surface area contributed by atoms with Crippen LogP contribution in [0.5, 0.6) is 0 Å². The molecule has 68 valence electrons. The van der Waals surface area contributed by atoms with Crippen molar-refractivity contribution >= 4 is 0 Å². The average molecular weight is 166 g/mol. The zero-order valence-electron chi connectivity index (χ0n) is 8.01. The predicted molar refractivity (Wildman–Crippen MR) is 51.9 cm³/mol. The SMILES string of the molecule is C#CC(C)NCCN(C)C1CC1. The largest absolute Gasteiger partial charge is 0.303 e. The van der Waals surface area contributed by atoms with Crippen LogP contribution in [0.3, 0.4) is 0 Å². The van der Waals surface area contributed by atoms with Gasteiger partial charge in [-0.2, -0.15) is 0 Å². The van der Waals surface area contributed by atoms with Crippen LogP contribution >= 0.6 is 0 Å². The van der Waals surface area contributed by atoms with Crippen LogP contribution in [-0.2, 0) is 0 Å². The maximum Gasteiger partial charge on any atom is 0.0658 e. The Morgan fingerprint density at radius 2 is 2.33 bits per heavy atom. The number of hydrogen-bond acceptors (Lipinski definition) is 2. The molecule has 0 radical (unpaired) electrons. The van der Waals surface area contributed by atoms with E-state index in [1.165, 1.54) is 12.8 Å². The van der Waals surface area contributed by atoms with Crippen LogP contribution in [0.2, 0.25) is 0 Å². The number of terminal acetylenes is 1. The fourth-order valence-corrected chi connectivity index (χ4v) is 1.21. The molecular formula is C10H18N2. The maximum atomic E-state index is 5.23. The minimum atomic E-state index is 0.206. The first-order valence-electron chi connectivity index (χ1n) is 4.64. The van der Waals surface area contributed by atoms with E-state index in [4.69, 9.17) is 6.42 Å². The van der Waals surface area contributed by atoms with E-state index in [-0.39, 0.29) is 6.04 Å². The molecule has 0 bridgehead atoms. The molecule has 1 N–H and O–H groups in total. The number of hydrogen-bond donors (Lipinski definition) is 1. The third-order valence-electron chi connectivity index (χ3n) is 2.34. The smallest absolute Gasteiger partial charge is 0.0658 e. The fraction of sp³-hybridized carbons (Fsp3) is 0.800. The molecule has 1 aliphatic rings. The molecule has 2 nitrogen and oxygen atoms in total. The number of nitrogens with zero attached hydrogens (tertiary/aromatic N) is 1. The summed E-state index contributed by atoms with van der Waals surface area (Å²) in [6, 6.07) is 1.06. The van der Waals surface area contributed by atoms with Crippen molar-refractivity contribution in [2.45, 2.75) is 31.8 Å². The lowest BCUT2D eigenvalue weighted by Crippen LogP contribution is -2.34. The van der Waals surface area contributed by atoms with Crippen LogP contribution < -0.4 is 5.32 Å². The summed E-state index contributed by atoms with van der Waals surface area (Å²) >= 11 is 0. The van der Waals surface area contributed by atoms with Crippen molar-refractivity contribution in [3.63, 3.8) is 0 Å². The Hall–Kier alpha value is -0.520. The van der Waals surface area contributed by atoms with Crippen molar-refractivity contribution in [2.24, 2.45) is 0 Å². The van der Waals surface area contributed by atoms with Crippen LogP contribution in [-0.4, -0.2) is 37.1 Å². The fourth-order valence-electron chi connectivity index (χ4n) is 1.21. The second-order valence-corrected chi connectivity index (χ2v) is 3.55. The van der Waals surface area contributed by atoms with Crippen LogP contribution in [0.25, 0.3) is 0 Å². The normalized spacial score (nSPS) is 19.2. The molecule has 1 fully saturated rings. The van der Waals surface area contributed by atoms with E-state index >= 15 is 0 Å². The van der Waals surface area contributed by atoms with E-state index in [9.17, 15) is 0 Å². The molecule has 0 saturated heterocycles. The van der Waals surface area contributed by atoms with Gasteiger partial charge in [-0.25, -0.2) is 0 Å². The lowest BCUT2D eigenvalue weighted by atomic mass is 10.3. The first kappa shape index (κ1) is 9.57. The third-order valence-corrected chi connectivity index (χ3v) is 2.34. The topological polar surface area (TPSA) is 15.3 Å². The van der Waals surface area contributed by atoms with Crippen molar-refractivity contribution in [1.82, 2.24) is 10.2 Å². The Morgan fingerprint density at radius 1 is 1.67 bits per heavy atom. The van der Waals surface area contributed by atoms with Gasteiger partial charge in [0.1, 0.15) is 0 Å². The Labute approximate surface area is 75.3 Å². The molecule has 1 rings (SSSR count). The zero-order chi connectivity index (χ0) is 8.97. The molecule has 0 amide bonds. The molecule has 0 aliphatic heterocycles.